The van der Waals surface area contributed by atoms with E-state index in [2.05, 4.69) is 10.2 Å². The Morgan fingerprint density at radius 1 is 1.16 bits per heavy atom. The van der Waals surface area contributed by atoms with Gasteiger partial charge in [-0.1, -0.05) is 35.9 Å². The zero-order chi connectivity index (χ0) is 13.4. The van der Waals surface area contributed by atoms with Gasteiger partial charge in [-0.05, 0) is 25.1 Å². The third-order valence-corrected chi connectivity index (χ3v) is 3.32. The van der Waals surface area contributed by atoms with Gasteiger partial charge in [-0.15, -0.1) is 0 Å². The van der Waals surface area contributed by atoms with Crippen molar-refractivity contribution in [3.8, 4) is 11.3 Å². The van der Waals surface area contributed by atoms with E-state index in [9.17, 15) is 4.79 Å². The van der Waals surface area contributed by atoms with E-state index >= 15 is 0 Å². The minimum Gasteiger partial charge on any atom is -0.295 e. The molecule has 94 valence electrons. The molecule has 3 aromatic rings. The van der Waals surface area contributed by atoms with E-state index in [0.29, 0.717) is 10.6 Å². The van der Waals surface area contributed by atoms with Crippen molar-refractivity contribution >= 4 is 28.3 Å². The number of fused-ring (bicyclic) bond motifs is 1. The van der Waals surface area contributed by atoms with Crippen molar-refractivity contribution in [2.75, 3.05) is 0 Å². The van der Waals surface area contributed by atoms with E-state index in [-0.39, 0.29) is 5.78 Å². The summed E-state index contributed by atoms with van der Waals surface area (Å²) in [5.41, 5.74) is 3.44. The lowest BCUT2D eigenvalue weighted by Gasteiger charge is -2.00. The van der Waals surface area contributed by atoms with E-state index in [1.165, 1.54) is 0 Å². The van der Waals surface area contributed by atoms with Crippen LogP contribution in [0.1, 0.15) is 17.3 Å². The minimum absolute atomic E-state index is 0.0604. The third-order valence-electron chi connectivity index (χ3n) is 3.09. The predicted octanol–water partition coefficient (Wildman–Crippen LogP) is 4.09. The number of carbonyl (C=O) groups is 1. The Balaban J connectivity index is 2.11. The number of ketones is 1. The van der Waals surface area contributed by atoms with Crippen LogP contribution in [0, 0.1) is 0 Å². The van der Waals surface area contributed by atoms with E-state index in [1.54, 1.807) is 6.92 Å². The molecule has 0 radical (unpaired) electrons. The van der Waals surface area contributed by atoms with Gasteiger partial charge in [0.1, 0.15) is 0 Å². The molecule has 0 spiro atoms. The van der Waals surface area contributed by atoms with Crippen LogP contribution in [0.25, 0.3) is 22.2 Å². The highest BCUT2D eigenvalue weighted by molar-refractivity contribution is 6.31. The summed E-state index contributed by atoms with van der Waals surface area (Å²) in [6, 6.07) is 13.1. The number of nitrogens with one attached hydrogen (secondary N) is 1. The first-order valence-electron chi connectivity index (χ1n) is 5.90. The maximum atomic E-state index is 11.3. The molecule has 0 aliphatic rings. The number of aromatic amines is 1. The highest BCUT2D eigenvalue weighted by atomic mass is 35.5. The van der Waals surface area contributed by atoms with Crippen LogP contribution < -0.4 is 0 Å². The van der Waals surface area contributed by atoms with Crippen LogP contribution in [0.15, 0.2) is 42.5 Å². The fraction of sp³-hybridized carbons (Fsp3) is 0.0667. The molecule has 1 N–H and O–H groups in total. The number of hydrogen-bond donors (Lipinski definition) is 1. The number of aromatic nitrogens is 2. The van der Waals surface area contributed by atoms with E-state index in [4.69, 9.17) is 11.6 Å². The predicted molar refractivity (Wildman–Crippen MR) is 76.5 cm³/mol. The molecule has 0 saturated carbocycles. The fourth-order valence-electron chi connectivity index (χ4n) is 2.07. The summed E-state index contributed by atoms with van der Waals surface area (Å²) in [6.45, 7) is 1.56. The second-order valence-electron chi connectivity index (χ2n) is 4.40. The van der Waals surface area contributed by atoms with Crippen molar-refractivity contribution in [2.45, 2.75) is 6.92 Å². The molecule has 0 unspecified atom stereocenters. The number of hydrogen-bond acceptors (Lipinski definition) is 2. The monoisotopic (exact) mass is 270 g/mol. The first-order chi connectivity index (χ1) is 9.15. The molecule has 0 atom stereocenters. The normalized spacial score (nSPS) is 10.8. The van der Waals surface area contributed by atoms with Crippen molar-refractivity contribution in [3.05, 3.63) is 53.1 Å². The lowest BCUT2D eigenvalue weighted by Crippen LogP contribution is -1.90. The van der Waals surface area contributed by atoms with Gasteiger partial charge in [0.2, 0.25) is 0 Å². The zero-order valence-electron chi connectivity index (χ0n) is 10.3. The van der Waals surface area contributed by atoms with Gasteiger partial charge in [0.15, 0.2) is 5.78 Å². The summed E-state index contributed by atoms with van der Waals surface area (Å²) < 4.78 is 0. The van der Waals surface area contributed by atoms with E-state index in [0.717, 1.165) is 22.2 Å². The Bertz CT molecular complexity index is 759. The topological polar surface area (TPSA) is 45.8 Å². The number of Topliss-reactive ketones (excluding diaryl/α,β-unsaturated/α-hetero) is 1. The van der Waals surface area contributed by atoms with Gasteiger partial charge in [0, 0.05) is 21.5 Å². The summed E-state index contributed by atoms with van der Waals surface area (Å²) in [6.07, 6.45) is 0. The van der Waals surface area contributed by atoms with Crippen LogP contribution in [0.4, 0.5) is 0 Å². The first kappa shape index (κ1) is 11.9. The van der Waals surface area contributed by atoms with E-state index in [1.807, 2.05) is 42.5 Å². The Labute approximate surface area is 115 Å². The molecule has 3 rings (SSSR count). The van der Waals surface area contributed by atoms with Crippen LogP contribution in [0.5, 0.6) is 0 Å². The first-order valence-corrected chi connectivity index (χ1v) is 6.28. The lowest BCUT2D eigenvalue weighted by atomic mass is 10.0. The van der Waals surface area contributed by atoms with Crippen molar-refractivity contribution in [1.82, 2.24) is 10.2 Å². The zero-order valence-corrected chi connectivity index (χ0v) is 11.0. The Kier molecular flexibility index (Phi) is 2.84. The average molecular weight is 271 g/mol. The summed E-state index contributed by atoms with van der Waals surface area (Å²) in [5, 5.41) is 8.97. The molecular weight excluding hydrogens is 260 g/mol. The number of benzene rings is 2. The van der Waals surface area contributed by atoms with Gasteiger partial charge in [0.25, 0.3) is 0 Å². The SMILES string of the molecule is CC(=O)c1ccc(-c2n[nH]c3cc(Cl)ccc23)cc1. The fourth-order valence-corrected chi connectivity index (χ4v) is 2.25. The molecular formula is C15H11ClN2O. The van der Waals surface area contributed by atoms with Crippen LogP contribution in [0.2, 0.25) is 5.02 Å². The van der Waals surface area contributed by atoms with Gasteiger partial charge >= 0.3 is 0 Å². The van der Waals surface area contributed by atoms with Crippen LogP contribution in [-0.2, 0) is 0 Å². The van der Waals surface area contributed by atoms with Gasteiger partial charge in [-0.2, -0.15) is 5.10 Å². The molecule has 2 aromatic carbocycles. The molecule has 0 aliphatic carbocycles. The number of carbonyl (C=O) groups excluding carboxylic acids is 1. The Hall–Kier alpha value is -2.13. The van der Waals surface area contributed by atoms with E-state index < -0.39 is 0 Å². The Morgan fingerprint density at radius 2 is 1.89 bits per heavy atom. The van der Waals surface area contributed by atoms with Gasteiger partial charge in [0.05, 0.1) is 11.2 Å². The van der Waals surface area contributed by atoms with Crippen molar-refractivity contribution in [1.29, 1.82) is 0 Å². The van der Waals surface area contributed by atoms with Crippen LogP contribution >= 0.6 is 11.6 Å². The van der Waals surface area contributed by atoms with Crippen molar-refractivity contribution in [2.24, 2.45) is 0 Å². The molecule has 19 heavy (non-hydrogen) atoms. The molecule has 4 heteroatoms. The van der Waals surface area contributed by atoms with Gasteiger partial charge in [-0.25, -0.2) is 0 Å². The molecule has 0 bridgehead atoms. The molecule has 0 amide bonds. The molecule has 0 saturated heterocycles. The maximum Gasteiger partial charge on any atom is 0.159 e. The van der Waals surface area contributed by atoms with Crippen molar-refractivity contribution in [3.63, 3.8) is 0 Å². The molecule has 3 nitrogen and oxygen atoms in total. The summed E-state index contributed by atoms with van der Waals surface area (Å²) in [7, 11) is 0. The minimum atomic E-state index is 0.0604. The molecule has 1 aromatic heterocycles. The number of rotatable bonds is 2. The van der Waals surface area contributed by atoms with Gasteiger partial charge in [-0.3, -0.25) is 9.89 Å². The van der Waals surface area contributed by atoms with Crippen LogP contribution in [0.3, 0.4) is 0 Å². The standard InChI is InChI=1S/C15H11ClN2O/c1-9(19)10-2-4-11(5-3-10)15-13-7-6-12(16)8-14(13)17-18-15/h2-8H,1H3,(H,17,18). The lowest BCUT2D eigenvalue weighted by molar-refractivity contribution is 0.101. The largest absolute Gasteiger partial charge is 0.295 e. The molecule has 0 aliphatic heterocycles. The second-order valence-corrected chi connectivity index (χ2v) is 4.83. The smallest absolute Gasteiger partial charge is 0.159 e. The third kappa shape index (κ3) is 2.13. The highest BCUT2D eigenvalue weighted by Gasteiger charge is 2.09. The molecule has 0 fully saturated rings. The van der Waals surface area contributed by atoms with Gasteiger partial charge < -0.3 is 0 Å². The average Bonchev–Trinajstić information content (AvgIpc) is 2.81. The Morgan fingerprint density at radius 3 is 2.58 bits per heavy atom. The summed E-state index contributed by atoms with van der Waals surface area (Å²) >= 11 is 5.94. The number of nitrogens with zero attached hydrogens (tertiary/aromatic N) is 1. The maximum absolute atomic E-state index is 11.3. The second kappa shape index (κ2) is 4.52. The van der Waals surface area contributed by atoms with Crippen LogP contribution in [-0.4, -0.2) is 16.0 Å². The summed E-state index contributed by atoms with van der Waals surface area (Å²) in [5.74, 6) is 0.0604. The number of halogens is 1. The highest BCUT2D eigenvalue weighted by Crippen LogP contribution is 2.28. The summed E-state index contributed by atoms with van der Waals surface area (Å²) in [4.78, 5) is 11.3. The molecule has 1 heterocycles. The quantitative estimate of drug-likeness (QED) is 0.713. The van der Waals surface area contributed by atoms with Crippen molar-refractivity contribution < 1.29 is 4.79 Å². The number of H-pyrrole nitrogens is 1.